The number of aromatic nitrogens is 1. The first-order valence-corrected chi connectivity index (χ1v) is 7.42. The zero-order valence-electron chi connectivity index (χ0n) is 11.7. The van der Waals surface area contributed by atoms with E-state index >= 15 is 0 Å². The molecule has 1 heterocycles. The summed E-state index contributed by atoms with van der Waals surface area (Å²) in [7, 11) is 0. The van der Waals surface area contributed by atoms with Crippen molar-refractivity contribution >= 4 is 23.0 Å². The van der Waals surface area contributed by atoms with Gasteiger partial charge in [0.2, 0.25) is 0 Å². The maximum atomic E-state index is 11.5. The summed E-state index contributed by atoms with van der Waals surface area (Å²) in [5.41, 5.74) is 1.08. The summed E-state index contributed by atoms with van der Waals surface area (Å²) in [5.74, 6) is -1.16. The van der Waals surface area contributed by atoms with Gasteiger partial charge in [0.1, 0.15) is 5.01 Å². The third-order valence-corrected chi connectivity index (χ3v) is 4.32. The van der Waals surface area contributed by atoms with Gasteiger partial charge in [-0.15, -0.1) is 11.3 Å². The molecule has 0 saturated heterocycles. The van der Waals surface area contributed by atoms with Gasteiger partial charge in [0, 0.05) is 23.3 Å². The maximum absolute atomic E-state index is 11.5. The van der Waals surface area contributed by atoms with Gasteiger partial charge < -0.3 is 5.11 Å². The fourth-order valence-electron chi connectivity index (χ4n) is 2.13. The molecule has 3 rings (SSSR count). The Bertz CT molecular complexity index is 890. The molecule has 3 aromatic rings. The van der Waals surface area contributed by atoms with E-state index in [1.54, 1.807) is 6.07 Å². The molecule has 0 amide bonds. The Balaban J connectivity index is 2.15. The molecular formula is C16H10N2O4S. The van der Waals surface area contributed by atoms with Gasteiger partial charge in [0.15, 0.2) is 5.69 Å². The first-order valence-electron chi connectivity index (χ1n) is 6.60. The van der Waals surface area contributed by atoms with Crippen LogP contribution in [0.2, 0.25) is 0 Å². The molecule has 0 spiro atoms. The van der Waals surface area contributed by atoms with Gasteiger partial charge in [-0.2, -0.15) is 0 Å². The molecule has 23 heavy (non-hydrogen) atoms. The highest BCUT2D eigenvalue weighted by molar-refractivity contribution is 7.18. The molecule has 0 bridgehead atoms. The van der Waals surface area contributed by atoms with Crippen LogP contribution in [0.1, 0.15) is 10.5 Å². The lowest BCUT2D eigenvalue weighted by Gasteiger charge is -1.99. The zero-order chi connectivity index (χ0) is 16.4. The van der Waals surface area contributed by atoms with Gasteiger partial charge in [-0.3, -0.25) is 10.1 Å². The minimum absolute atomic E-state index is 0.0894. The van der Waals surface area contributed by atoms with E-state index in [9.17, 15) is 20.0 Å². The maximum Gasteiger partial charge on any atom is 0.356 e. The Labute approximate surface area is 134 Å². The van der Waals surface area contributed by atoms with Crippen molar-refractivity contribution < 1.29 is 14.8 Å². The van der Waals surface area contributed by atoms with E-state index < -0.39 is 10.9 Å². The van der Waals surface area contributed by atoms with E-state index in [0.717, 1.165) is 5.56 Å². The molecule has 1 N–H and O–H groups in total. The first kappa shape index (κ1) is 14.9. The predicted molar refractivity (Wildman–Crippen MR) is 86.6 cm³/mol. The average molecular weight is 326 g/mol. The number of thiazole rings is 1. The molecule has 0 aliphatic heterocycles. The minimum atomic E-state index is -1.16. The lowest BCUT2D eigenvalue weighted by atomic mass is 10.1. The number of carboxylic acid groups (broad SMARTS) is 1. The Morgan fingerprint density at radius 2 is 1.78 bits per heavy atom. The van der Waals surface area contributed by atoms with Crippen LogP contribution in [-0.4, -0.2) is 21.0 Å². The number of non-ortho nitro benzene ring substituents is 1. The number of nitrogens with zero attached hydrogens (tertiary/aromatic N) is 2. The number of carbonyl (C=O) groups is 1. The highest BCUT2D eigenvalue weighted by Crippen LogP contribution is 2.36. The topological polar surface area (TPSA) is 93.3 Å². The lowest BCUT2D eigenvalue weighted by Crippen LogP contribution is -1.99. The van der Waals surface area contributed by atoms with E-state index in [-0.39, 0.29) is 11.4 Å². The summed E-state index contributed by atoms with van der Waals surface area (Å²) < 4.78 is 0. The second-order valence-electron chi connectivity index (χ2n) is 4.68. The molecule has 7 heteroatoms. The molecule has 0 unspecified atom stereocenters. The van der Waals surface area contributed by atoms with Gasteiger partial charge in [-0.25, -0.2) is 9.78 Å². The van der Waals surface area contributed by atoms with Crippen LogP contribution in [0.15, 0.2) is 54.6 Å². The first-order chi connectivity index (χ1) is 11.1. The van der Waals surface area contributed by atoms with Crippen LogP contribution in [0.3, 0.4) is 0 Å². The normalized spacial score (nSPS) is 10.4. The van der Waals surface area contributed by atoms with Crippen molar-refractivity contribution in [3.63, 3.8) is 0 Å². The molecule has 6 nitrogen and oxygen atoms in total. The molecule has 0 aliphatic rings. The Morgan fingerprint density at radius 3 is 2.43 bits per heavy atom. The monoisotopic (exact) mass is 326 g/mol. The highest BCUT2D eigenvalue weighted by atomic mass is 32.1. The van der Waals surface area contributed by atoms with Crippen molar-refractivity contribution in [3.05, 3.63) is 70.4 Å². The Morgan fingerprint density at radius 1 is 1.09 bits per heavy atom. The summed E-state index contributed by atoms with van der Waals surface area (Å²) in [6.07, 6.45) is 0. The van der Waals surface area contributed by atoms with E-state index in [0.29, 0.717) is 15.4 Å². The van der Waals surface area contributed by atoms with Gasteiger partial charge in [0.05, 0.1) is 9.80 Å². The summed E-state index contributed by atoms with van der Waals surface area (Å²) in [4.78, 5) is 26.4. The predicted octanol–water partition coefficient (Wildman–Crippen LogP) is 4.08. The van der Waals surface area contributed by atoms with E-state index in [2.05, 4.69) is 4.98 Å². The fourth-order valence-corrected chi connectivity index (χ4v) is 3.18. The number of nitro groups is 1. The Kier molecular flexibility index (Phi) is 3.86. The van der Waals surface area contributed by atoms with Crippen LogP contribution in [0.5, 0.6) is 0 Å². The molecule has 0 fully saturated rings. The molecule has 1 aromatic heterocycles. The van der Waals surface area contributed by atoms with E-state index in [1.807, 2.05) is 30.3 Å². The van der Waals surface area contributed by atoms with E-state index in [4.69, 9.17) is 0 Å². The number of nitro benzene ring substituents is 1. The third kappa shape index (κ3) is 2.95. The van der Waals surface area contributed by atoms with Crippen LogP contribution >= 0.6 is 11.3 Å². The van der Waals surface area contributed by atoms with Gasteiger partial charge in [0.25, 0.3) is 5.69 Å². The molecule has 114 valence electrons. The molecule has 0 atom stereocenters. The van der Waals surface area contributed by atoms with Crippen molar-refractivity contribution in [2.24, 2.45) is 0 Å². The van der Waals surface area contributed by atoms with Crippen molar-refractivity contribution in [2.75, 3.05) is 0 Å². The van der Waals surface area contributed by atoms with Crippen LogP contribution in [0, 0.1) is 10.1 Å². The fraction of sp³-hybridized carbons (Fsp3) is 0. The summed E-state index contributed by atoms with van der Waals surface area (Å²) in [6, 6.07) is 15.1. The lowest BCUT2D eigenvalue weighted by molar-refractivity contribution is -0.384. The molecule has 0 radical (unpaired) electrons. The number of aromatic carboxylic acids is 1. The van der Waals surface area contributed by atoms with E-state index in [1.165, 1.54) is 29.5 Å². The van der Waals surface area contributed by atoms with Gasteiger partial charge in [-0.1, -0.05) is 42.5 Å². The highest BCUT2D eigenvalue weighted by Gasteiger charge is 2.20. The molecule has 0 aliphatic carbocycles. The second-order valence-corrected chi connectivity index (χ2v) is 5.67. The second kappa shape index (κ2) is 5.98. The zero-order valence-corrected chi connectivity index (χ0v) is 12.5. The molecule has 0 saturated carbocycles. The number of hydrogen-bond donors (Lipinski definition) is 1. The van der Waals surface area contributed by atoms with Crippen molar-refractivity contribution in [1.82, 2.24) is 4.98 Å². The standard InChI is InChI=1S/C16H10N2O4S/c19-16(20)13-14(11-7-4-8-12(9-11)18(21)22)23-15(17-13)10-5-2-1-3-6-10/h1-9H,(H,19,20). The number of benzene rings is 2. The molecule has 2 aromatic carbocycles. The number of carboxylic acids is 1. The SMILES string of the molecule is O=C(O)c1nc(-c2ccccc2)sc1-c1cccc([N+](=O)[O-])c1. The smallest absolute Gasteiger partial charge is 0.356 e. The summed E-state index contributed by atoms with van der Waals surface area (Å²) >= 11 is 1.20. The van der Waals surface area contributed by atoms with Crippen LogP contribution in [-0.2, 0) is 0 Å². The van der Waals surface area contributed by atoms with Crippen molar-refractivity contribution in [2.45, 2.75) is 0 Å². The average Bonchev–Trinajstić information content (AvgIpc) is 3.01. The van der Waals surface area contributed by atoms with Gasteiger partial charge in [-0.05, 0) is 0 Å². The van der Waals surface area contributed by atoms with Crippen molar-refractivity contribution in [3.8, 4) is 21.0 Å². The number of hydrogen-bond acceptors (Lipinski definition) is 5. The summed E-state index contributed by atoms with van der Waals surface area (Å²) in [6.45, 7) is 0. The van der Waals surface area contributed by atoms with Crippen LogP contribution in [0.4, 0.5) is 5.69 Å². The van der Waals surface area contributed by atoms with Gasteiger partial charge >= 0.3 is 5.97 Å². The number of rotatable bonds is 4. The van der Waals surface area contributed by atoms with Crippen LogP contribution < -0.4 is 0 Å². The minimum Gasteiger partial charge on any atom is -0.476 e. The summed E-state index contributed by atoms with van der Waals surface area (Å²) in [5, 5.41) is 20.8. The quantitative estimate of drug-likeness (QED) is 0.576. The van der Waals surface area contributed by atoms with Crippen LogP contribution in [0.25, 0.3) is 21.0 Å². The van der Waals surface area contributed by atoms with Crippen molar-refractivity contribution in [1.29, 1.82) is 0 Å². The third-order valence-electron chi connectivity index (χ3n) is 3.17. The largest absolute Gasteiger partial charge is 0.476 e. The molecular weight excluding hydrogens is 316 g/mol. The Hall–Kier alpha value is -3.06.